The fraction of sp³-hybridized carbons (Fsp3) is 0.263. The Morgan fingerprint density at radius 3 is 2.66 bits per heavy atom. The summed E-state index contributed by atoms with van der Waals surface area (Å²) in [7, 11) is 0. The van der Waals surface area contributed by atoms with Gasteiger partial charge in [0.1, 0.15) is 5.82 Å². The number of hydrogen-bond acceptors (Lipinski definition) is 6. The predicted molar refractivity (Wildman–Crippen MR) is 107 cm³/mol. The van der Waals surface area contributed by atoms with Crippen molar-refractivity contribution in [3.05, 3.63) is 65.6 Å². The molecule has 170 valence electrons. The number of aromatic nitrogens is 4. The summed E-state index contributed by atoms with van der Waals surface area (Å²) in [6.45, 7) is 1.68. The van der Waals surface area contributed by atoms with E-state index < -0.39 is 29.7 Å². The van der Waals surface area contributed by atoms with Gasteiger partial charge in [-0.1, -0.05) is 6.07 Å². The van der Waals surface area contributed by atoms with E-state index in [0.717, 1.165) is 10.9 Å². The number of nitrogens with zero attached hydrogens (tertiary/aromatic N) is 4. The first-order valence-corrected chi connectivity index (χ1v) is 9.18. The molecule has 1 aliphatic rings. The molecule has 4 rings (SSSR count). The van der Waals surface area contributed by atoms with Crippen LogP contribution in [0.1, 0.15) is 27.7 Å². The van der Waals surface area contributed by atoms with Crippen LogP contribution >= 0.6 is 12.4 Å². The third-order valence-corrected chi connectivity index (χ3v) is 4.54. The molecule has 32 heavy (non-hydrogen) atoms. The molecule has 13 heteroatoms. The van der Waals surface area contributed by atoms with Crippen molar-refractivity contribution in [1.29, 1.82) is 0 Å². The van der Waals surface area contributed by atoms with E-state index in [9.17, 15) is 22.4 Å². The molecule has 0 radical (unpaired) electrons. The first-order chi connectivity index (χ1) is 14.8. The highest BCUT2D eigenvalue weighted by Crippen LogP contribution is 2.27. The fourth-order valence-electron chi connectivity index (χ4n) is 2.99. The number of rotatable bonds is 4. The molecule has 1 saturated heterocycles. The minimum absolute atomic E-state index is 0. The number of ether oxygens (including phenoxy) is 1. The largest absolute Gasteiger partial charge is 0.434 e. The van der Waals surface area contributed by atoms with Crippen LogP contribution in [0.4, 0.5) is 23.2 Å². The zero-order chi connectivity index (χ0) is 22.0. The van der Waals surface area contributed by atoms with Gasteiger partial charge in [-0.3, -0.25) is 4.79 Å². The van der Waals surface area contributed by atoms with E-state index >= 15 is 0 Å². The van der Waals surface area contributed by atoms with Crippen LogP contribution in [-0.4, -0.2) is 45.4 Å². The third kappa shape index (κ3) is 5.21. The Morgan fingerprint density at radius 2 is 2.03 bits per heavy atom. The van der Waals surface area contributed by atoms with Gasteiger partial charge in [0.25, 0.3) is 5.91 Å². The van der Waals surface area contributed by atoms with Gasteiger partial charge >= 0.3 is 6.18 Å². The number of amides is 1. The number of carbonyl (C=O) groups excluding carboxylic acids is 1. The first kappa shape index (κ1) is 23.6. The fourth-order valence-corrected chi connectivity index (χ4v) is 2.99. The van der Waals surface area contributed by atoms with Gasteiger partial charge in [0.2, 0.25) is 0 Å². The predicted octanol–water partition coefficient (Wildman–Crippen LogP) is 3.16. The maximum absolute atomic E-state index is 14.5. The smallest absolute Gasteiger partial charge is 0.371 e. The Balaban J connectivity index is 0.00000289. The number of halogens is 5. The molecule has 1 aromatic carbocycles. The van der Waals surface area contributed by atoms with Crippen LogP contribution in [-0.2, 0) is 10.9 Å². The lowest BCUT2D eigenvalue weighted by Gasteiger charge is -2.24. The van der Waals surface area contributed by atoms with Crippen LogP contribution in [0.5, 0.6) is 0 Å². The Bertz CT molecular complexity index is 1080. The molecule has 0 spiro atoms. The Hall–Kier alpha value is -3.09. The maximum atomic E-state index is 14.5. The lowest BCUT2D eigenvalue weighted by atomic mass is 10.1. The molecular weight excluding hydrogens is 456 g/mol. The number of anilines is 1. The van der Waals surface area contributed by atoms with Gasteiger partial charge in [-0.2, -0.15) is 18.3 Å². The van der Waals surface area contributed by atoms with Gasteiger partial charge < -0.3 is 15.4 Å². The second-order valence-electron chi connectivity index (χ2n) is 6.69. The zero-order valence-corrected chi connectivity index (χ0v) is 17.1. The number of nitrogens with one attached hydrogen (secondary N) is 2. The van der Waals surface area contributed by atoms with E-state index in [2.05, 4.69) is 25.7 Å². The number of morpholine rings is 1. The minimum Gasteiger partial charge on any atom is -0.371 e. The molecular formula is C19H17ClF4N6O2. The summed E-state index contributed by atoms with van der Waals surface area (Å²) in [6, 6.07) is 4.29. The van der Waals surface area contributed by atoms with Crippen molar-refractivity contribution in [2.24, 2.45) is 0 Å². The number of alkyl halides is 3. The van der Waals surface area contributed by atoms with Crippen LogP contribution in [0.25, 0.3) is 5.82 Å². The number of benzene rings is 1. The van der Waals surface area contributed by atoms with Gasteiger partial charge in [0.05, 0.1) is 36.9 Å². The van der Waals surface area contributed by atoms with Gasteiger partial charge in [-0.05, 0) is 12.1 Å². The Morgan fingerprint density at radius 1 is 1.22 bits per heavy atom. The third-order valence-electron chi connectivity index (χ3n) is 4.54. The van der Waals surface area contributed by atoms with E-state index in [-0.39, 0.29) is 29.5 Å². The molecule has 0 aliphatic carbocycles. The van der Waals surface area contributed by atoms with Crippen LogP contribution in [0.15, 0.2) is 43.0 Å². The summed E-state index contributed by atoms with van der Waals surface area (Å²) in [6.07, 6.45) is -1.05. The van der Waals surface area contributed by atoms with Crippen LogP contribution in [0.2, 0.25) is 0 Å². The van der Waals surface area contributed by atoms with Crippen molar-refractivity contribution in [3.8, 4) is 5.82 Å². The summed E-state index contributed by atoms with van der Waals surface area (Å²) in [5.74, 6) is -1.08. The van der Waals surface area contributed by atoms with Gasteiger partial charge in [-0.25, -0.2) is 19.0 Å². The molecule has 1 fully saturated rings. The topological polar surface area (TPSA) is 94.0 Å². The van der Waals surface area contributed by atoms with E-state index in [0.29, 0.717) is 31.5 Å². The summed E-state index contributed by atoms with van der Waals surface area (Å²) in [5.41, 5.74) is -0.414. The van der Waals surface area contributed by atoms with Crippen LogP contribution in [0, 0.1) is 5.82 Å². The summed E-state index contributed by atoms with van der Waals surface area (Å²) in [4.78, 5) is 19.4. The molecule has 8 nitrogen and oxygen atoms in total. The average molecular weight is 473 g/mol. The molecule has 1 unspecified atom stereocenters. The summed E-state index contributed by atoms with van der Waals surface area (Å²) in [5, 5.41) is 9.58. The normalized spacial score (nSPS) is 16.3. The van der Waals surface area contributed by atoms with Crippen molar-refractivity contribution in [3.63, 3.8) is 0 Å². The minimum atomic E-state index is -4.61. The van der Waals surface area contributed by atoms with E-state index in [1.165, 1.54) is 18.5 Å². The Kier molecular flexibility index (Phi) is 7.06. The molecule has 0 bridgehead atoms. The monoisotopic (exact) mass is 472 g/mol. The molecule has 2 aromatic heterocycles. The van der Waals surface area contributed by atoms with Crippen LogP contribution in [0.3, 0.4) is 0 Å². The molecule has 3 heterocycles. The van der Waals surface area contributed by atoms with Gasteiger partial charge in [0, 0.05) is 30.5 Å². The number of carbonyl (C=O) groups is 1. The number of hydrogen-bond donors (Lipinski definition) is 2. The van der Waals surface area contributed by atoms with Crippen molar-refractivity contribution < 1.29 is 27.1 Å². The molecule has 1 amide bonds. The standard InChI is InChI=1S/C19H16F4N6O2.ClH/c20-14-5-12(1-2-13(14)15-7-24-3-4-31-15)28-18(30)11-6-27-29(10-11)17-9-25-16(8-26-17)19(21,22)23;/h1-2,5-6,8-10,15,24H,3-4,7H2,(H,28,30);1H. The average Bonchev–Trinajstić information content (AvgIpc) is 3.24. The summed E-state index contributed by atoms with van der Waals surface area (Å²) >= 11 is 0. The highest BCUT2D eigenvalue weighted by molar-refractivity contribution is 6.04. The van der Waals surface area contributed by atoms with Gasteiger partial charge in [0.15, 0.2) is 11.5 Å². The van der Waals surface area contributed by atoms with Crippen molar-refractivity contribution in [2.45, 2.75) is 12.3 Å². The lowest BCUT2D eigenvalue weighted by molar-refractivity contribution is -0.141. The molecule has 0 saturated carbocycles. The van der Waals surface area contributed by atoms with Gasteiger partial charge in [-0.15, -0.1) is 12.4 Å². The van der Waals surface area contributed by atoms with Crippen LogP contribution < -0.4 is 10.6 Å². The van der Waals surface area contributed by atoms with Crippen molar-refractivity contribution >= 4 is 24.0 Å². The van der Waals surface area contributed by atoms with E-state index in [4.69, 9.17) is 4.74 Å². The highest BCUT2D eigenvalue weighted by atomic mass is 35.5. The summed E-state index contributed by atoms with van der Waals surface area (Å²) < 4.78 is 58.9. The maximum Gasteiger partial charge on any atom is 0.434 e. The van der Waals surface area contributed by atoms with Crippen molar-refractivity contribution in [2.75, 3.05) is 25.0 Å². The zero-order valence-electron chi connectivity index (χ0n) is 16.3. The molecule has 1 atom stereocenters. The SMILES string of the molecule is Cl.O=C(Nc1ccc(C2CNCCO2)c(F)c1)c1cnn(-c2cnc(C(F)(F)F)cn2)c1. The second-order valence-corrected chi connectivity index (χ2v) is 6.69. The molecule has 2 N–H and O–H groups in total. The molecule has 1 aliphatic heterocycles. The first-order valence-electron chi connectivity index (χ1n) is 9.18. The second kappa shape index (κ2) is 9.59. The molecule has 3 aromatic rings. The lowest BCUT2D eigenvalue weighted by Crippen LogP contribution is -2.33. The highest BCUT2D eigenvalue weighted by Gasteiger charge is 2.32. The van der Waals surface area contributed by atoms with Crippen molar-refractivity contribution in [1.82, 2.24) is 25.1 Å². The Labute approximate surface area is 185 Å². The quantitative estimate of drug-likeness (QED) is 0.567. The van der Waals surface area contributed by atoms with E-state index in [1.54, 1.807) is 12.1 Å². The van der Waals surface area contributed by atoms with E-state index in [1.807, 2.05) is 0 Å².